The number of nitrogens with zero attached hydrogens (tertiary/aromatic N) is 2. The number of nitrogens with one attached hydrogen (secondary N) is 2. The minimum atomic E-state index is -0.407. The highest BCUT2D eigenvalue weighted by Crippen LogP contribution is 2.30. The van der Waals surface area contributed by atoms with Crippen LogP contribution in [0.5, 0.6) is 0 Å². The van der Waals surface area contributed by atoms with E-state index in [0.29, 0.717) is 22.7 Å². The predicted molar refractivity (Wildman–Crippen MR) is 127 cm³/mol. The maximum Gasteiger partial charge on any atom is 0.293 e. The Morgan fingerprint density at radius 2 is 1.75 bits per heavy atom. The van der Waals surface area contributed by atoms with E-state index in [-0.39, 0.29) is 10.9 Å². The van der Waals surface area contributed by atoms with E-state index in [4.69, 9.17) is 21.1 Å². The molecule has 0 unspecified atom stereocenters. The third kappa shape index (κ3) is 3.50. The summed E-state index contributed by atoms with van der Waals surface area (Å²) in [6, 6.07) is 16.8. The maximum absolute atomic E-state index is 12.7. The minimum Gasteiger partial charge on any atom is -0.451 e. The zero-order chi connectivity index (χ0) is 22.2. The third-order valence-electron chi connectivity index (χ3n) is 5.25. The number of pyridine rings is 1. The fraction of sp³-hybridized carbons (Fsp3) is 0.0833. The summed E-state index contributed by atoms with van der Waals surface area (Å²) in [5, 5.41) is 6.83. The van der Waals surface area contributed by atoms with Crippen LogP contribution in [0.1, 0.15) is 21.7 Å². The van der Waals surface area contributed by atoms with Crippen LogP contribution in [0.15, 0.2) is 69.6 Å². The lowest BCUT2D eigenvalue weighted by Crippen LogP contribution is -2.34. The molecule has 0 aliphatic carbocycles. The standard InChI is InChI=1S/C24H18N4O3S/c1-13-16(23-27-21-19(31-23)11-6-12-25-21)8-5-9-17(13)26-24(32)28-22(29)20-14(2)15-7-3-4-10-18(15)30-20/h3-12H,1-2H3,(H2,26,28,29,32). The normalized spacial score (nSPS) is 11.1. The Bertz CT molecular complexity index is 1470. The number of aryl methyl sites for hydroxylation is 1. The first-order valence-corrected chi connectivity index (χ1v) is 10.3. The molecule has 5 aromatic rings. The zero-order valence-corrected chi connectivity index (χ0v) is 18.1. The van der Waals surface area contributed by atoms with E-state index in [9.17, 15) is 4.79 Å². The van der Waals surface area contributed by atoms with Gasteiger partial charge in [0.15, 0.2) is 22.1 Å². The molecular weight excluding hydrogens is 424 g/mol. The van der Waals surface area contributed by atoms with Crippen molar-refractivity contribution in [3.63, 3.8) is 0 Å². The molecule has 2 N–H and O–H groups in total. The number of para-hydroxylation sites is 1. The number of thiocarbonyl (C=S) groups is 1. The number of carbonyl (C=O) groups is 1. The molecule has 158 valence electrons. The number of aromatic nitrogens is 2. The Balaban J connectivity index is 1.37. The quantitative estimate of drug-likeness (QED) is 0.362. The lowest BCUT2D eigenvalue weighted by Gasteiger charge is -2.13. The van der Waals surface area contributed by atoms with Crippen LogP contribution >= 0.6 is 12.2 Å². The highest BCUT2D eigenvalue weighted by Gasteiger charge is 2.19. The molecule has 0 saturated heterocycles. The molecule has 1 amide bonds. The molecule has 0 atom stereocenters. The second kappa shape index (κ2) is 7.90. The molecule has 8 heteroatoms. The van der Waals surface area contributed by atoms with Crippen molar-refractivity contribution in [1.82, 2.24) is 15.3 Å². The number of benzene rings is 2. The second-order valence-corrected chi connectivity index (χ2v) is 7.69. The summed E-state index contributed by atoms with van der Waals surface area (Å²) in [4.78, 5) is 21.4. The first kappa shape index (κ1) is 19.9. The number of furan rings is 1. The van der Waals surface area contributed by atoms with E-state index in [1.165, 1.54) is 0 Å². The Morgan fingerprint density at radius 3 is 2.56 bits per heavy atom. The van der Waals surface area contributed by atoms with Crippen molar-refractivity contribution >= 4 is 51.1 Å². The molecule has 0 radical (unpaired) electrons. The van der Waals surface area contributed by atoms with Gasteiger partial charge in [0.2, 0.25) is 5.89 Å². The van der Waals surface area contributed by atoms with Crippen molar-refractivity contribution in [2.45, 2.75) is 13.8 Å². The van der Waals surface area contributed by atoms with E-state index in [2.05, 4.69) is 20.6 Å². The number of anilines is 1. The molecule has 0 aliphatic rings. The van der Waals surface area contributed by atoms with Gasteiger partial charge in [-0.1, -0.05) is 24.3 Å². The maximum atomic E-state index is 12.7. The summed E-state index contributed by atoms with van der Waals surface area (Å²) in [5.74, 6) is 0.294. The number of fused-ring (bicyclic) bond motifs is 2. The topological polar surface area (TPSA) is 93.2 Å². The van der Waals surface area contributed by atoms with E-state index < -0.39 is 5.91 Å². The van der Waals surface area contributed by atoms with E-state index in [1.54, 1.807) is 12.3 Å². The fourth-order valence-electron chi connectivity index (χ4n) is 3.59. The Labute approximate surface area is 188 Å². The van der Waals surface area contributed by atoms with Crippen LogP contribution in [0.2, 0.25) is 0 Å². The first-order valence-electron chi connectivity index (χ1n) is 9.93. The number of rotatable bonds is 3. The van der Waals surface area contributed by atoms with Crippen LogP contribution < -0.4 is 10.6 Å². The molecule has 0 aliphatic heterocycles. The summed E-state index contributed by atoms with van der Waals surface area (Å²) in [5.41, 5.74) is 4.98. The summed E-state index contributed by atoms with van der Waals surface area (Å²) in [6.45, 7) is 3.77. The second-order valence-electron chi connectivity index (χ2n) is 7.28. The molecule has 3 heterocycles. The van der Waals surface area contributed by atoms with Crippen molar-refractivity contribution in [3.8, 4) is 11.5 Å². The molecular formula is C24H18N4O3S. The molecule has 32 heavy (non-hydrogen) atoms. The summed E-state index contributed by atoms with van der Waals surface area (Å²) < 4.78 is 11.6. The van der Waals surface area contributed by atoms with Gasteiger partial charge in [0.05, 0.1) is 0 Å². The smallest absolute Gasteiger partial charge is 0.293 e. The van der Waals surface area contributed by atoms with Gasteiger partial charge >= 0.3 is 0 Å². The van der Waals surface area contributed by atoms with Crippen LogP contribution in [0.4, 0.5) is 5.69 Å². The fourth-order valence-corrected chi connectivity index (χ4v) is 3.79. The van der Waals surface area contributed by atoms with Gasteiger partial charge in [0, 0.05) is 28.4 Å². The largest absolute Gasteiger partial charge is 0.451 e. The van der Waals surface area contributed by atoms with Gasteiger partial charge in [-0.2, -0.15) is 4.98 Å². The zero-order valence-electron chi connectivity index (χ0n) is 17.3. The van der Waals surface area contributed by atoms with Gasteiger partial charge < -0.3 is 14.2 Å². The third-order valence-corrected chi connectivity index (χ3v) is 5.46. The van der Waals surface area contributed by atoms with Crippen molar-refractivity contribution in [1.29, 1.82) is 0 Å². The van der Waals surface area contributed by atoms with E-state index >= 15 is 0 Å². The number of hydrogen-bond donors (Lipinski definition) is 2. The average Bonchev–Trinajstić information content (AvgIpc) is 3.36. The minimum absolute atomic E-state index is 0.161. The average molecular weight is 443 g/mol. The lowest BCUT2D eigenvalue weighted by molar-refractivity contribution is 0.0952. The van der Waals surface area contributed by atoms with Crippen LogP contribution in [-0.4, -0.2) is 21.0 Å². The van der Waals surface area contributed by atoms with Crippen LogP contribution in [0.25, 0.3) is 33.7 Å². The van der Waals surface area contributed by atoms with E-state index in [1.807, 2.05) is 62.4 Å². The summed E-state index contributed by atoms with van der Waals surface area (Å²) >= 11 is 5.37. The first-order chi connectivity index (χ1) is 15.5. The van der Waals surface area contributed by atoms with Crippen LogP contribution in [0.3, 0.4) is 0 Å². The molecule has 3 aromatic heterocycles. The lowest BCUT2D eigenvalue weighted by atomic mass is 10.1. The van der Waals surface area contributed by atoms with E-state index in [0.717, 1.165) is 27.8 Å². The summed E-state index contributed by atoms with van der Waals surface area (Å²) in [6.07, 6.45) is 1.67. The number of amides is 1. The van der Waals surface area contributed by atoms with Gasteiger partial charge in [0.25, 0.3) is 5.91 Å². The van der Waals surface area contributed by atoms with Crippen molar-refractivity contribution < 1.29 is 13.6 Å². The van der Waals surface area contributed by atoms with Gasteiger partial charge in [-0.3, -0.25) is 10.1 Å². The molecule has 0 saturated carbocycles. The van der Waals surface area contributed by atoms with Crippen LogP contribution in [-0.2, 0) is 0 Å². The van der Waals surface area contributed by atoms with Crippen molar-refractivity contribution in [2.75, 3.05) is 5.32 Å². The van der Waals surface area contributed by atoms with Gasteiger partial charge in [-0.15, -0.1) is 0 Å². The van der Waals surface area contributed by atoms with Crippen molar-refractivity contribution in [2.24, 2.45) is 0 Å². The Kier molecular flexibility index (Phi) is 4.91. The van der Waals surface area contributed by atoms with Gasteiger partial charge in [-0.05, 0) is 62.0 Å². The number of oxazole rings is 1. The highest BCUT2D eigenvalue weighted by molar-refractivity contribution is 7.80. The van der Waals surface area contributed by atoms with Crippen LogP contribution in [0, 0.1) is 13.8 Å². The molecule has 2 aromatic carbocycles. The molecule has 5 rings (SSSR count). The van der Waals surface area contributed by atoms with Crippen molar-refractivity contribution in [3.05, 3.63) is 77.7 Å². The molecule has 0 spiro atoms. The highest BCUT2D eigenvalue weighted by atomic mass is 32.1. The monoisotopic (exact) mass is 442 g/mol. The van der Waals surface area contributed by atoms with Gasteiger partial charge in [-0.25, -0.2) is 4.98 Å². The molecule has 0 bridgehead atoms. The Morgan fingerprint density at radius 1 is 0.938 bits per heavy atom. The summed E-state index contributed by atoms with van der Waals surface area (Å²) in [7, 11) is 0. The predicted octanol–water partition coefficient (Wildman–Crippen LogP) is 5.38. The number of hydrogen-bond acceptors (Lipinski definition) is 6. The molecule has 0 fully saturated rings. The Hall–Kier alpha value is -4.04. The molecule has 7 nitrogen and oxygen atoms in total. The van der Waals surface area contributed by atoms with Gasteiger partial charge in [0.1, 0.15) is 5.58 Å². The SMILES string of the molecule is Cc1c(NC(=S)NC(=O)c2oc3ccccc3c2C)cccc1-c1nc2ncccc2o1. The number of carbonyl (C=O) groups excluding carboxylic acids is 1.